The second kappa shape index (κ2) is 6.37. The molecule has 1 amide bonds. The molecule has 0 radical (unpaired) electrons. The van der Waals surface area contributed by atoms with Crippen LogP contribution >= 0.6 is 0 Å². The number of carbonyl (C=O) groups excluding carboxylic acids is 1. The van der Waals surface area contributed by atoms with Crippen molar-refractivity contribution >= 4 is 11.6 Å². The number of aryl methyl sites for hydroxylation is 2. The Morgan fingerprint density at radius 3 is 2.65 bits per heavy atom. The van der Waals surface area contributed by atoms with Gasteiger partial charge in [0.2, 0.25) is 5.91 Å². The Bertz CT molecular complexity index is 479. The molecule has 1 fully saturated rings. The van der Waals surface area contributed by atoms with Crippen LogP contribution in [0.25, 0.3) is 0 Å². The van der Waals surface area contributed by atoms with E-state index < -0.39 is 0 Å². The highest BCUT2D eigenvalue weighted by atomic mass is 16.3. The lowest BCUT2D eigenvalue weighted by molar-refractivity contribution is -0.121. The van der Waals surface area contributed by atoms with E-state index in [0.29, 0.717) is 0 Å². The average Bonchev–Trinajstić information content (AvgIpc) is 2.43. The highest BCUT2D eigenvalue weighted by molar-refractivity contribution is 5.95. The van der Waals surface area contributed by atoms with Gasteiger partial charge in [0.15, 0.2) is 0 Å². The van der Waals surface area contributed by atoms with Crippen molar-refractivity contribution in [3.8, 4) is 0 Å². The van der Waals surface area contributed by atoms with Crippen LogP contribution in [0.3, 0.4) is 0 Å². The van der Waals surface area contributed by atoms with Crippen molar-refractivity contribution in [1.29, 1.82) is 0 Å². The van der Waals surface area contributed by atoms with Crippen molar-refractivity contribution in [3.05, 3.63) is 29.3 Å². The molecule has 1 atom stereocenters. The minimum Gasteiger partial charge on any atom is -0.393 e. The number of hydrogen-bond donors (Lipinski definition) is 2. The lowest BCUT2D eigenvalue weighted by Gasteiger charge is -2.33. The lowest BCUT2D eigenvalue weighted by Crippen LogP contribution is -2.47. The predicted molar refractivity (Wildman–Crippen MR) is 80.8 cm³/mol. The Hall–Kier alpha value is -1.39. The van der Waals surface area contributed by atoms with E-state index in [1.165, 1.54) is 0 Å². The number of nitrogens with one attached hydrogen (secondary N) is 1. The largest absolute Gasteiger partial charge is 0.393 e. The van der Waals surface area contributed by atoms with Crippen molar-refractivity contribution in [2.45, 2.75) is 45.8 Å². The molecule has 1 heterocycles. The van der Waals surface area contributed by atoms with Crippen LogP contribution < -0.4 is 5.32 Å². The predicted octanol–water partition coefficient (Wildman–Crippen LogP) is 2.09. The summed E-state index contributed by atoms with van der Waals surface area (Å²) < 4.78 is 0. The third-order valence-corrected chi connectivity index (χ3v) is 4.08. The van der Waals surface area contributed by atoms with E-state index in [-0.39, 0.29) is 18.1 Å². The molecule has 0 bridgehead atoms. The molecule has 0 saturated carbocycles. The maximum Gasteiger partial charge on any atom is 0.241 e. The zero-order chi connectivity index (χ0) is 14.7. The first-order chi connectivity index (χ1) is 9.47. The standard InChI is InChI=1S/C16H24N2O2/c1-11-4-5-12(2)15(10-11)17-16(20)13(3)18-8-6-14(19)7-9-18/h4-5,10,13-14,19H,6-9H2,1-3H3,(H,17,20). The van der Waals surface area contributed by atoms with E-state index in [0.717, 1.165) is 42.7 Å². The third-order valence-electron chi connectivity index (χ3n) is 4.08. The van der Waals surface area contributed by atoms with Gasteiger partial charge in [-0.1, -0.05) is 12.1 Å². The van der Waals surface area contributed by atoms with Gasteiger partial charge >= 0.3 is 0 Å². The molecule has 4 heteroatoms. The van der Waals surface area contributed by atoms with Crippen LogP contribution in [0.1, 0.15) is 30.9 Å². The van der Waals surface area contributed by atoms with E-state index in [2.05, 4.69) is 10.2 Å². The van der Waals surface area contributed by atoms with Gasteiger partial charge in [0.05, 0.1) is 12.1 Å². The normalized spacial score (nSPS) is 18.8. The number of carbonyl (C=O) groups is 1. The van der Waals surface area contributed by atoms with E-state index >= 15 is 0 Å². The van der Waals surface area contributed by atoms with Crippen LogP contribution in [-0.4, -0.2) is 41.1 Å². The van der Waals surface area contributed by atoms with E-state index in [4.69, 9.17) is 0 Å². The Labute approximate surface area is 120 Å². The monoisotopic (exact) mass is 276 g/mol. The summed E-state index contributed by atoms with van der Waals surface area (Å²) in [5.74, 6) is 0.0232. The highest BCUT2D eigenvalue weighted by Crippen LogP contribution is 2.18. The fraction of sp³-hybridized carbons (Fsp3) is 0.562. The number of rotatable bonds is 3. The van der Waals surface area contributed by atoms with Gasteiger partial charge < -0.3 is 10.4 Å². The number of benzene rings is 1. The summed E-state index contributed by atoms with van der Waals surface area (Å²) in [5, 5.41) is 12.5. The summed E-state index contributed by atoms with van der Waals surface area (Å²) in [5.41, 5.74) is 3.10. The van der Waals surface area contributed by atoms with Crippen LogP contribution in [0.15, 0.2) is 18.2 Å². The summed E-state index contributed by atoms with van der Waals surface area (Å²) >= 11 is 0. The van der Waals surface area contributed by atoms with Crippen molar-refractivity contribution in [3.63, 3.8) is 0 Å². The van der Waals surface area contributed by atoms with Crippen molar-refractivity contribution in [2.24, 2.45) is 0 Å². The molecule has 4 nitrogen and oxygen atoms in total. The number of likely N-dealkylation sites (tertiary alicyclic amines) is 1. The Morgan fingerprint density at radius 1 is 1.35 bits per heavy atom. The number of aliphatic hydroxyl groups is 1. The maximum atomic E-state index is 12.3. The topological polar surface area (TPSA) is 52.6 Å². The van der Waals surface area contributed by atoms with Gasteiger partial charge in [0.1, 0.15) is 0 Å². The molecule has 1 aromatic carbocycles. The number of amides is 1. The highest BCUT2D eigenvalue weighted by Gasteiger charge is 2.25. The van der Waals surface area contributed by atoms with Gasteiger partial charge in [-0.3, -0.25) is 9.69 Å². The van der Waals surface area contributed by atoms with E-state index in [1.807, 2.05) is 39.0 Å². The molecule has 0 aromatic heterocycles. The van der Waals surface area contributed by atoms with Crippen LogP contribution in [-0.2, 0) is 4.79 Å². The molecule has 1 aliphatic heterocycles. The molecular formula is C16H24N2O2. The van der Waals surface area contributed by atoms with Gasteiger partial charge in [0, 0.05) is 18.8 Å². The van der Waals surface area contributed by atoms with Gasteiger partial charge in [-0.25, -0.2) is 0 Å². The van der Waals surface area contributed by atoms with Gasteiger partial charge in [0.25, 0.3) is 0 Å². The first-order valence-corrected chi connectivity index (χ1v) is 7.27. The minimum absolute atomic E-state index is 0.0232. The molecule has 0 aliphatic carbocycles. The number of nitrogens with zero attached hydrogens (tertiary/aromatic N) is 1. The van der Waals surface area contributed by atoms with E-state index in [1.54, 1.807) is 0 Å². The molecule has 20 heavy (non-hydrogen) atoms. The summed E-state index contributed by atoms with van der Waals surface area (Å²) in [6, 6.07) is 5.90. The van der Waals surface area contributed by atoms with Crippen molar-refractivity contribution in [2.75, 3.05) is 18.4 Å². The summed E-state index contributed by atoms with van der Waals surface area (Å²) in [6.07, 6.45) is 1.29. The molecule has 2 rings (SSSR count). The first-order valence-electron chi connectivity index (χ1n) is 7.27. The second-order valence-corrected chi connectivity index (χ2v) is 5.75. The molecular weight excluding hydrogens is 252 g/mol. The molecule has 0 spiro atoms. The Kier molecular flexibility index (Phi) is 4.78. The van der Waals surface area contributed by atoms with Crippen LogP contribution in [0.5, 0.6) is 0 Å². The first kappa shape index (κ1) is 15.0. The van der Waals surface area contributed by atoms with Gasteiger partial charge in [-0.2, -0.15) is 0 Å². The molecule has 110 valence electrons. The van der Waals surface area contributed by atoms with Gasteiger partial charge in [-0.05, 0) is 50.8 Å². The molecule has 1 aliphatic rings. The molecule has 1 unspecified atom stereocenters. The van der Waals surface area contributed by atoms with Crippen LogP contribution in [0.4, 0.5) is 5.69 Å². The molecule has 1 saturated heterocycles. The summed E-state index contributed by atoms with van der Waals surface area (Å²) in [7, 11) is 0. The fourth-order valence-electron chi connectivity index (χ4n) is 2.55. The lowest BCUT2D eigenvalue weighted by atomic mass is 10.1. The number of aliphatic hydroxyl groups excluding tert-OH is 1. The molecule has 2 N–H and O–H groups in total. The Morgan fingerprint density at radius 2 is 2.00 bits per heavy atom. The van der Waals surface area contributed by atoms with Crippen molar-refractivity contribution < 1.29 is 9.90 Å². The van der Waals surface area contributed by atoms with E-state index in [9.17, 15) is 9.90 Å². The Balaban J connectivity index is 1.99. The van der Waals surface area contributed by atoms with Crippen molar-refractivity contribution in [1.82, 2.24) is 4.90 Å². The zero-order valence-corrected chi connectivity index (χ0v) is 12.5. The number of piperidine rings is 1. The number of hydrogen-bond acceptors (Lipinski definition) is 3. The third kappa shape index (κ3) is 3.58. The van der Waals surface area contributed by atoms with Crippen LogP contribution in [0.2, 0.25) is 0 Å². The average molecular weight is 276 g/mol. The second-order valence-electron chi connectivity index (χ2n) is 5.75. The minimum atomic E-state index is -0.208. The molecule has 1 aromatic rings. The smallest absolute Gasteiger partial charge is 0.241 e. The number of anilines is 1. The summed E-state index contributed by atoms with van der Waals surface area (Å²) in [6.45, 7) is 7.50. The quantitative estimate of drug-likeness (QED) is 0.889. The van der Waals surface area contributed by atoms with Crippen LogP contribution in [0, 0.1) is 13.8 Å². The SMILES string of the molecule is Cc1ccc(C)c(NC(=O)C(C)N2CCC(O)CC2)c1. The zero-order valence-electron chi connectivity index (χ0n) is 12.5. The fourth-order valence-corrected chi connectivity index (χ4v) is 2.55. The van der Waals surface area contributed by atoms with Gasteiger partial charge in [-0.15, -0.1) is 0 Å². The maximum absolute atomic E-state index is 12.3. The summed E-state index contributed by atoms with van der Waals surface area (Å²) in [4.78, 5) is 14.5.